The van der Waals surface area contributed by atoms with Crippen molar-refractivity contribution < 1.29 is 9.53 Å². The number of anilines is 1. The first-order valence-corrected chi connectivity index (χ1v) is 7.27. The summed E-state index contributed by atoms with van der Waals surface area (Å²) in [5.74, 6) is 0.627. The average Bonchev–Trinajstić information content (AvgIpc) is 2.92. The number of ether oxygens (including phenoxy) is 1. The van der Waals surface area contributed by atoms with Crippen LogP contribution in [0.1, 0.15) is 18.4 Å². The maximum absolute atomic E-state index is 11.6. The molecule has 1 aromatic rings. The van der Waals surface area contributed by atoms with Crippen molar-refractivity contribution in [3.63, 3.8) is 0 Å². The smallest absolute Gasteiger partial charge is 0.222 e. The van der Waals surface area contributed by atoms with Gasteiger partial charge in [-0.3, -0.25) is 4.79 Å². The van der Waals surface area contributed by atoms with Crippen molar-refractivity contribution in [3.05, 3.63) is 29.8 Å². The molecule has 2 rings (SSSR count). The molecule has 1 aliphatic rings. The van der Waals surface area contributed by atoms with E-state index in [9.17, 15) is 4.79 Å². The Kier molecular flexibility index (Phi) is 5.41. The Morgan fingerprint density at radius 1 is 1.45 bits per heavy atom. The van der Waals surface area contributed by atoms with E-state index in [0.29, 0.717) is 18.9 Å². The summed E-state index contributed by atoms with van der Waals surface area (Å²) in [6.07, 6.45) is 1.59. The van der Waals surface area contributed by atoms with Crippen LogP contribution in [0.3, 0.4) is 0 Å². The number of rotatable bonds is 6. The van der Waals surface area contributed by atoms with Gasteiger partial charge in [-0.25, -0.2) is 0 Å². The summed E-state index contributed by atoms with van der Waals surface area (Å²) in [5.41, 5.74) is 2.64. The van der Waals surface area contributed by atoms with Crippen LogP contribution in [-0.4, -0.2) is 39.3 Å². The molecular formula is C16H24N2O2. The average molecular weight is 276 g/mol. The van der Waals surface area contributed by atoms with Gasteiger partial charge < -0.3 is 15.0 Å². The highest BCUT2D eigenvalue weighted by Crippen LogP contribution is 2.26. The second-order valence-corrected chi connectivity index (χ2v) is 5.43. The van der Waals surface area contributed by atoms with Crippen LogP contribution in [-0.2, 0) is 9.53 Å². The number of para-hydroxylation sites is 1. The molecule has 1 unspecified atom stereocenters. The fourth-order valence-corrected chi connectivity index (χ4v) is 2.68. The standard InChI is InChI=1S/C16H24N2O2/c1-13-5-3-4-6-15(13)18-9-7-14(12-18)11-17-16(19)8-10-20-2/h3-6,14H,7-12H2,1-2H3,(H,17,19). The molecule has 1 fully saturated rings. The highest BCUT2D eigenvalue weighted by molar-refractivity contribution is 5.75. The zero-order valence-corrected chi connectivity index (χ0v) is 12.4. The lowest BCUT2D eigenvalue weighted by molar-refractivity contribution is -0.122. The molecular weight excluding hydrogens is 252 g/mol. The van der Waals surface area contributed by atoms with Gasteiger partial charge in [0.15, 0.2) is 0 Å². The van der Waals surface area contributed by atoms with Crippen molar-refractivity contribution in [3.8, 4) is 0 Å². The molecule has 1 aliphatic heterocycles. The number of nitrogens with one attached hydrogen (secondary N) is 1. The summed E-state index contributed by atoms with van der Waals surface area (Å²) in [5, 5.41) is 3.00. The van der Waals surface area contributed by atoms with Gasteiger partial charge in [-0.05, 0) is 30.9 Å². The van der Waals surface area contributed by atoms with E-state index in [1.165, 1.54) is 11.3 Å². The predicted molar refractivity (Wildman–Crippen MR) is 81.0 cm³/mol. The number of amides is 1. The molecule has 0 radical (unpaired) electrons. The Labute approximate surface area is 121 Å². The number of nitrogens with zero attached hydrogens (tertiary/aromatic N) is 1. The third kappa shape index (κ3) is 3.97. The Bertz CT molecular complexity index is 448. The third-order valence-corrected chi connectivity index (χ3v) is 3.86. The topological polar surface area (TPSA) is 41.6 Å². The minimum absolute atomic E-state index is 0.0844. The van der Waals surface area contributed by atoms with Gasteiger partial charge in [0.25, 0.3) is 0 Å². The number of carbonyl (C=O) groups excluding carboxylic acids is 1. The van der Waals surface area contributed by atoms with E-state index >= 15 is 0 Å². The number of carbonyl (C=O) groups is 1. The number of methoxy groups -OCH3 is 1. The van der Waals surface area contributed by atoms with Crippen LogP contribution in [0.15, 0.2) is 24.3 Å². The lowest BCUT2D eigenvalue weighted by Crippen LogP contribution is -2.31. The number of hydrogen-bond donors (Lipinski definition) is 1. The van der Waals surface area contributed by atoms with E-state index in [4.69, 9.17) is 4.74 Å². The molecule has 0 aliphatic carbocycles. The van der Waals surface area contributed by atoms with E-state index in [2.05, 4.69) is 41.4 Å². The van der Waals surface area contributed by atoms with Crippen LogP contribution in [0.5, 0.6) is 0 Å². The van der Waals surface area contributed by atoms with Gasteiger partial charge in [0.2, 0.25) is 5.91 Å². The number of aryl methyl sites for hydroxylation is 1. The van der Waals surface area contributed by atoms with E-state index in [1.807, 2.05) is 0 Å². The van der Waals surface area contributed by atoms with Crippen LogP contribution in [0.25, 0.3) is 0 Å². The molecule has 1 amide bonds. The minimum atomic E-state index is 0.0844. The molecule has 4 nitrogen and oxygen atoms in total. The SMILES string of the molecule is COCCC(=O)NCC1CCN(c2ccccc2C)C1. The summed E-state index contributed by atoms with van der Waals surface area (Å²) >= 11 is 0. The lowest BCUT2D eigenvalue weighted by atomic mass is 10.1. The largest absolute Gasteiger partial charge is 0.384 e. The van der Waals surface area contributed by atoms with Crippen molar-refractivity contribution in [2.24, 2.45) is 5.92 Å². The summed E-state index contributed by atoms with van der Waals surface area (Å²) in [4.78, 5) is 14.0. The van der Waals surface area contributed by atoms with E-state index in [-0.39, 0.29) is 5.91 Å². The fraction of sp³-hybridized carbons (Fsp3) is 0.562. The minimum Gasteiger partial charge on any atom is -0.384 e. The molecule has 1 N–H and O–H groups in total. The van der Waals surface area contributed by atoms with Gasteiger partial charge in [0, 0.05) is 38.9 Å². The van der Waals surface area contributed by atoms with Crippen LogP contribution in [0.4, 0.5) is 5.69 Å². The Morgan fingerprint density at radius 3 is 3.00 bits per heavy atom. The molecule has 4 heteroatoms. The van der Waals surface area contributed by atoms with Crippen molar-refractivity contribution in [1.29, 1.82) is 0 Å². The Hall–Kier alpha value is -1.55. The first-order valence-electron chi connectivity index (χ1n) is 7.27. The predicted octanol–water partition coefficient (Wildman–Crippen LogP) is 1.97. The number of benzene rings is 1. The van der Waals surface area contributed by atoms with E-state index < -0.39 is 0 Å². The first kappa shape index (κ1) is 14.9. The molecule has 20 heavy (non-hydrogen) atoms. The fourth-order valence-electron chi connectivity index (χ4n) is 2.68. The maximum atomic E-state index is 11.6. The molecule has 110 valence electrons. The molecule has 0 aromatic heterocycles. The number of hydrogen-bond acceptors (Lipinski definition) is 3. The van der Waals surface area contributed by atoms with Gasteiger partial charge in [-0.2, -0.15) is 0 Å². The first-order chi connectivity index (χ1) is 9.70. The molecule has 1 atom stereocenters. The molecule has 1 aromatic carbocycles. The lowest BCUT2D eigenvalue weighted by Gasteiger charge is -2.21. The quantitative estimate of drug-likeness (QED) is 0.864. The molecule has 0 bridgehead atoms. The summed E-state index contributed by atoms with van der Waals surface area (Å²) in [7, 11) is 1.62. The van der Waals surface area contributed by atoms with E-state index in [0.717, 1.165) is 26.1 Å². The van der Waals surface area contributed by atoms with Gasteiger partial charge in [0.05, 0.1) is 6.61 Å². The zero-order chi connectivity index (χ0) is 14.4. The second kappa shape index (κ2) is 7.29. The highest BCUT2D eigenvalue weighted by atomic mass is 16.5. The highest BCUT2D eigenvalue weighted by Gasteiger charge is 2.23. The van der Waals surface area contributed by atoms with Gasteiger partial charge in [-0.15, -0.1) is 0 Å². The maximum Gasteiger partial charge on any atom is 0.222 e. The Balaban J connectivity index is 1.78. The van der Waals surface area contributed by atoms with Gasteiger partial charge in [-0.1, -0.05) is 18.2 Å². The second-order valence-electron chi connectivity index (χ2n) is 5.43. The van der Waals surface area contributed by atoms with Gasteiger partial charge in [0.1, 0.15) is 0 Å². The van der Waals surface area contributed by atoms with Crippen LogP contribution >= 0.6 is 0 Å². The van der Waals surface area contributed by atoms with Crippen LogP contribution in [0.2, 0.25) is 0 Å². The third-order valence-electron chi connectivity index (χ3n) is 3.86. The van der Waals surface area contributed by atoms with Crippen molar-refractivity contribution in [2.75, 3.05) is 38.3 Å². The summed E-state index contributed by atoms with van der Waals surface area (Å²) in [6, 6.07) is 8.48. The summed E-state index contributed by atoms with van der Waals surface area (Å²) < 4.78 is 4.90. The molecule has 1 heterocycles. The zero-order valence-electron chi connectivity index (χ0n) is 12.4. The van der Waals surface area contributed by atoms with E-state index in [1.54, 1.807) is 7.11 Å². The monoisotopic (exact) mass is 276 g/mol. The van der Waals surface area contributed by atoms with Crippen LogP contribution in [0, 0.1) is 12.8 Å². The van der Waals surface area contributed by atoms with Crippen molar-refractivity contribution >= 4 is 11.6 Å². The van der Waals surface area contributed by atoms with Gasteiger partial charge >= 0.3 is 0 Å². The summed E-state index contributed by atoms with van der Waals surface area (Å²) in [6.45, 7) is 5.50. The Morgan fingerprint density at radius 2 is 2.25 bits per heavy atom. The normalized spacial score (nSPS) is 18.3. The van der Waals surface area contributed by atoms with Crippen molar-refractivity contribution in [1.82, 2.24) is 5.32 Å². The van der Waals surface area contributed by atoms with Crippen LogP contribution < -0.4 is 10.2 Å². The van der Waals surface area contributed by atoms with Crippen molar-refractivity contribution in [2.45, 2.75) is 19.8 Å². The molecule has 0 saturated carbocycles. The molecule has 0 spiro atoms. The molecule has 1 saturated heterocycles.